The lowest BCUT2D eigenvalue weighted by atomic mass is 10.0. The Balaban J connectivity index is 2.01. The van der Waals surface area contributed by atoms with Gasteiger partial charge >= 0.3 is 0 Å². The van der Waals surface area contributed by atoms with Crippen LogP contribution < -0.4 is 4.80 Å². The second-order valence-electron chi connectivity index (χ2n) is 6.54. The zero-order valence-electron chi connectivity index (χ0n) is 16.1. The van der Waals surface area contributed by atoms with Crippen LogP contribution in [0.4, 0.5) is 0 Å². The van der Waals surface area contributed by atoms with E-state index >= 15 is 0 Å². The van der Waals surface area contributed by atoms with Gasteiger partial charge in [-0.25, -0.2) is 0 Å². The topological polar surface area (TPSA) is 43.6 Å². The van der Waals surface area contributed by atoms with E-state index in [4.69, 9.17) is 27.9 Å². The molecule has 0 saturated carbocycles. The van der Waals surface area contributed by atoms with Crippen LogP contribution >= 0.6 is 34.5 Å². The van der Waals surface area contributed by atoms with E-state index in [2.05, 4.69) is 11.9 Å². The smallest absolute Gasteiger partial charge is 0.252 e. The molecule has 0 N–H and O–H groups in total. The Morgan fingerprint density at radius 2 is 1.89 bits per heavy atom. The third-order valence-corrected chi connectivity index (χ3v) is 6.38. The number of carbonyl (C=O) groups is 1. The number of halogens is 2. The largest absolute Gasteiger partial charge is 0.380 e. The van der Waals surface area contributed by atoms with Crippen molar-refractivity contribution in [3.05, 3.63) is 61.9 Å². The van der Waals surface area contributed by atoms with Gasteiger partial charge in [-0.05, 0) is 49.6 Å². The number of nitrogens with zero attached hydrogens (tertiary/aromatic N) is 2. The molecule has 4 nitrogen and oxygen atoms in total. The minimum Gasteiger partial charge on any atom is -0.380 e. The molecule has 0 aliphatic carbocycles. The lowest BCUT2D eigenvalue weighted by molar-refractivity contribution is -0.117. The number of thiazole rings is 1. The second-order valence-corrected chi connectivity index (χ2v) is 8.33. The van der Waals surface area contributed by atoms with Crippen molar-refractivity contribution in [3.63, 3.8) is 0 Å². The first-order valence-corrected chi connectivity index (χ1v) is 10.7. The van der Waals surface area contributed by atoms with Crippen molar-refractivity contribution in [1.82, 2.24) is 4.57 Å². The fourth-order valence-electron chi connectivity index (χ4n) is 2.94. The molecular weight excluding hydrogens is 415 g/mol. The Labute approximate surface area is 178 Å². The molecule has 28 heavy (non-hydrogen) atoms. The molecule has 1 heterocycles. The molecule has 2 aromatic carbocycles. The summed E-state index contributed by atoms with van der Waals surface area (Å²) in [6.07, 6.45) is 0.252. The zero-order chi connectivity index (χ0) is 20.3. The number of amides is 1. The summed E-state index contributed by atoms with van der Waals surface area (Å²) in [7, 11) is 0. The summed E-state index contributed by atoms with van der Waals surface area (Å²) in [5, 5.41) is 1.17. The molecule has 0 unspecified atom stereocenters. The normalized spacial score (nSPS) is 12.1. The maximum Gasteiger partial charge on any atom is 0.252 e. The van der Waals surface area contributed by atoms with Crippen molar-refractivity contribution >= 4 is 50.7 Å². The molecule has 0 fully saturated rings. The maximum atomic E-state index is 12.6. The first-order valence-electron chi connectivity index (χ1n) is 9.09. The molecule has 7 heteroatoms. The molecule has 0 aliphatic rings. The van der Waals surface area contributed by atoms with Crippen molar-refractivity contribution in [3.8, 4) is 0 Å². The number of rotatable bonds is 6. The average Bonchev–Trinajstić information content (AvgIpc) is 3.01. The van der Waals surface area contributed by atoms with E-state index in [0.717, 1.165) is 21.3 Å². The van der Waals surface area contributed by atoms with Crippen molar-refractivity contribution in [2.75, 3.05) is 13.2 Å². The SMILES string of the molecule is CCOCCn1c(=NC(=O)Cc2ccc(C)c(C)c2)sc2c(Cl)ccc(Cl)c21. The Kier molecular flexibility index (Phi) is 6.94. The summed E-state index contributed by atoms with van der Waals surface area (Å²) < 4.78 is 8.23. The molecule has 0 atom stereocenters. The highest BCUT2D eigenvalue weighted by Crippen LogP contribution is 2.31. The van der Waals surface area contributed by atoms with Gasteiger partial charge in [-0.2, -0.15) is 4.99 Å². The van der Waals surface area contributed by atoms with E-state index in [0.29, 0.717) is 34.6 Å². The molecule has 0 aliphatic heterocycles. The van der Waals surface area contributed by atoms with Gasteiger partial charge in [0.15, 0.2) is 4.80 Å². The third kappa shape index (κ3) is 4.66. The van der Waals surface area contributed by atoms with Crippen molar-refractivity contribution < 1.29 is 9.53 Å². The van der Waals surface area contributed by atoms with E-state index < -0.39 is 0 Å². The van der Waals surface area contributed by atoms with E-state index in [1.165, 1.54) is 16.9 Å². The summed E-state index contributed by atoms with van der Waals surface area (Å²) in [6.45, 7) is 7.71. The molecule has 3 rings (SSSR count). The van der Waals surface area contributed by atoms with Crippen LogP contribution in [-0.4, -0.2) is 23.7 Å². The highest BCUT2D eigenvalue weighted by molar-refractivity contribution is 7.17. The van der Waals surface area contributed by atoms with E-state index in [1.54, 1.807) is 12.1 Å². The molecule has 148 valence electrons. The minimum absolute atomic E-state index is 0.202. The van der Waals surface area contributed by atoms with Crippen LogP contribution in [0.3, 0.4) is 0 Å². The fraction of sp³-hybridized carbons (Fsp3) is 0.333. The number of hydrogen-bond acceptors (Lipinski definition) is 3. The van der Waals surface area contributed by atoms with Crippen molar-refractivity contribution in [2.24, 2.45) is 4.99 Å². The molecular formula is C21H22Cl2N2O2S. The number of hydrogen-bond donors (Lipinski definition) is 0. The van der Waals surface area contributed by atoms with Crippen LogP contribution in [0.2, 0.25) is 10.0 Å². The first kappa shape index (κ1) is 21.1. The van der Waals surface area contributed by atoms with E-state index in [1.807, 2.05) is 36.6 Å². The predicted octanol–water partition coefficient (Wildman–Crippen LogP) is 5.33. The van der Waals surface area contributed by atoms with Crippen LogP contribution in [0.5, 0.6) is 0 Å². The van der Waals surface area contributed by atoms with Gasteiger partial charge in [0.2, 0.25) is 0 Å². The number of benzene rings is 2. The number of ether oxygens (including phenoxy) is 1. The lowest BCUT2D eigenvalue weighted by Gasteiger charge is -2.07. The molecule has 1 aromatic heterocycles. The lowest BCUT2D eigenvalue weighted by Crippen LogP contribution is -2.20. The Morgan fingerprint density at radius 1 is 1.14 bits per heavy atom. The maximum absolute atomic E-state index is 12.6. The van der Waals surface area contributed by atoms with E-state index in [-0.39, 0.29) is 12.3 Å². The average molecular weight is 437 g/mol. The summed E-state index contributed by atoms with van der Waals surface area (Å²) in [4.78, 5) is 17.6. The van der Waals surface area contributed by atoms with Gasteiger partial charge in [-0.1, -0.05) is 52.7 Å². The first-order chi connectivity index (χ1) is 13.4. The molecule has 0 radical (unpaired) electrons. The Morgan fingerprint density at radius 3 is 2.61 bits per heavy atom. The second kappa shape index (κ2) is 9.23. The van der Waals surface area contributed by atoms with Gasteiger partial charge in [0, 0.05) is 13.2 Å². The van der Waals surface area contributed by atoms with Crippen LogP contribution in [0, 0.1) is 13.8 Å². The number of fused-ring (bicyclic) bond motifs is 1. The van der Waals surface area contributed by atoms with Gasteiger partial charge < -0.3 is 9.30 Å². The zero-order valence-corrected chi connectivity index (χ0v) is 18.4. The minimum atomic E-state index is -0.202. The van der Waals surface area contributed by atoms with Crippen molar-refractivity contribution in [1.29, 1.82) is 0 Å². The monoisotopic (exact) mass is 436 g/mol. The molecule has 1 amide bonds. The molecule has 0 bridgehead atoms. The number of aryl methyl sites for hydroxylation is 2. The molecule has 0 saturated heterocycles. The number of aromatic nitrogens is 1. The summed E-state index contributed by atoms with van der Waals surface area (Å²) in [5.41, 5.74) is 4.11. The van der Waals surface area contributed by atoms with Gasteiger partial charge in [-0.3, -0.25) is 4.79 Å². The van der Waals surface area contributed by atoms with Gasteiger partial charge in [-0.15, -0.1) is 0 Å². The Hall–Kier alpha value is -1.66. The predicted molar refractivity (Wildman–Crippen MR) is 117 cm³/mol. The van der Waals surface area contributed by atoms with Crippen LogP contribution in [-0.2, 0) is 22.5 Å². The number of carbonyl (C=O) groups excluding carboxylic acids is 1. The van der Waals surface area contributed by atoms with Crippen LogP contribution in [0.1, 0.15) is 23.6 Å². The summed E-state index contributed by atoms with van der Waals surface area (Å²) in [5.74, 6) is -0.202. The molecule has 3 aromatic rings. The highest BCUT2D eigenvalue weighted by atomic mass is 35.5. The van der Waals surface area contributed by atoms with Crippen LogP contribution in [0.25, 0.3) is 10.2 Å². The third-order valence-electron chi connectivity index (χ3n) is 4.54. The van der Waals surface area contributed by atoms with Gasteiger partial charge in [0.05, 0.1) is 33.3 Å². The van der Waals surface area contributed by atoms with Crippen molar-refractivity contribution in [2.45, 2.75) is 33.7 Å². The van der Waals surface area contributed by atoms with E-state index in [9.17, 15) is 4.79 Å². The van der Waals surface area contributed by atoms with Gasteiger partial charge in [0.25, 0.3) is 5.91 Å². The highest BCUT2D eigenvalue weighted by Gasteiger charge is 2.14. The van der Waals surface area contributed by atoms with Gasteiger partial charge in [0.1, 0.15) is 0 Å². The Bertz CT molecular complexity index is 1090. The summed E-state index contributed by atoms with van der Waals surface area (Å²) in [6, 6.07) is 9.55. The summed E-state index contributed by atoms with van der Waals surface area (Å²) >= 11 is 14.1. The quantitative estimate of drug-likeness (QED) is 0.489. The standard InChI is InChI=1S/C21H22Cl2N2O2S/c1-4-27-10-9-25-19-16(22)7-8-17(23)20(19)28-21(25)24-18(26)12-15-6-5-13(2)14(3)11-15/h5-8,11H,4,9-10,12H2,1-3H3. The van der Waals surface area contributed by atoms with Crippen LogP contribution in [0.15, 0.2) is 35.3 Å². The molecule has 0 spiro atoms. The fourth-order valence-corrected chi connectivity index (χ4v) is 4.63.